The summed E-state index contributed by atoms with van der Waals surface area (Å²) < 4.78 is 72.1. The van der Waals surface area contributed by atoms with Crippen LogP contribution in [0.3, 0.4) is 0 Å². The van der Waals surface area contributed by atoms with Crippen LogP contribution in [0.5, 0.6) is 17.2 Å². The third kappa shape index (κ3) is 8.03. The lowest BCUT2D eigenvalue weighted by molar-refractivity contribution is -0.142. The van der Waals surface area contributed by atoms with E-state index < -0.39 is 67.8 Å². The summed E-state index contributed by atoms with van der Waals surface area (Å²) in [6, 6.07) is 16.9. The monoisotopic (exact) mass is 966 g/mol. The van der Waals surface area contributed by atoms with Gasteiger partial charge in [-0.25, -0.2) is 9.13 Å². The average molecular weight is 967 g/mol. The SMILES string of the molecule is CC1(C)Oc2ccc(C#N)cc2C(N2CCCC2=O)C1OP(=O)(O)P(=O)(OC1C(N2CCCC2=O)c2cc(C#N)ccc2OC1(C)C)OC1C(N2CCCC2=O)c2cc(C#N)ccc2OC1(C)C. The molecule has 3 fully saturated rings. The van der Waals surface area contributed by atoms with Crippen molar-refractivity contribution >= 4 is 32.3 Å². The molecule has 0 saturated carbocycles. The molecule has 7 atom stereocenters. The molecule has 6 aliphatic rings. The molecular weight excluding hydrogens is 915 g/mol. The number of ether oxygens (including phenoxy) is 3. The van der Waals surface area contributed by atoms with E-state index in [9.17, 15) is 35.1 Å². The molecule has 6 heterocycles. The molecule has 68 heavy (non-hydrogen) atoms. The van der Waals surface area contributed by atoms with E-state index in [1.807, 2.05) is 0 Å². The van der Waals surface area contributed by atoms with E-state index in [-0.39, 0.29) is 73.3 Å². The minimum Gasteiger partial charge on any atom is -0.485 e. The van der Waals surface area contributed by atoms with Gasteiger partial charge in [-0.1, -0.05) is 0 Å². The summed E-state index contributed by atoms with van der Waals surface area (Å²) in [5.41, 5.74) is -3.01. The van der Waals surface area contributed by atoms with Crippen LogP contribution in [0.2, 0.25) is 0 Å². The Kier molecular flexibility index (Phi) is 11.8. The van der Waals surface area contributed by atoms with Gasteiger partial charge in [0.15, 0.2) is 0 Å². The summed E-state index contributed by atoms with van der Waals surface area (Å²) in [6.07, 6.45) is -2.83. The van der Waals surface area contributed by atoms with Gasteiger partial charge in [0.1, 0.15) is 52.4 Å². The van der Waals surface area contributed by atoms with Gasteiger partial charge in [-0.3, -0.25) is 28.0 Å². The maximum absolute atomic E-state index is 16.8. The standard InChI is InChI=1S/C48H52N6O12P2/c1-46(2)43(40(52-19-7-10-37(52)55)31-22-28(25-49)13-16-34(31)61-46)64-67(58,59)68(60,65-44-41(53-20-8-11-38(53)56)32-23-29(26-50)14-17-35(32)62-47(44,3)4)66-45-42(54-21-9-12-39(54)57)33-24-30(27-51)15-18-36(33)63-48(45,5)6/h13-18,22-24,40-45H,7-12,19-21H2,1-6H3,(H,58,59). The molecule has 18 nitrogen and oxygen atoms in total. The van der Waals surface area contributed by atoms with Crippen LogP contribution in [-0.2, 0) is 37.1 Å². The fourth-order valence-electron chi connectivity index (χ4n) is 10.6. The van der Waals surface area contributed by atoms with E-state index in [0.29, 0.717) is 53.2 Å². The summed E-state index contributed by atoms with van der Waals surface area (Å²) in [6.45, 7) is 10.3. The van der Waals surface area contributed by atoms with Crippen molar-refractivity contribution in [3.05, 3.63) is 88.0 Å². The number of hydrogen-bond acceptors (Lipinski definition) is 14. The average Bonchev–Trinajstić information content (AvgIpc) is 4.04. The van der Waals surface area contributed by atoms with Gasteiger partial charge in [-0.15, -0.1) is 0 Å². The molecule has 6 aliphatic heterocycles. The topological polar surface area (TPSA) is 242 Å². The summed E-state index contributed by atoms with van der Waals surface area (Å²) in [5.74, 6) is 0.0254. The number of amides is 3. The van der Waals surface area contributed by atoms with Gasteiger partial charge in [0.2, 0.25) is 17.7 Å². The Morgan fingerprint density at radius 1 is 0.544 bits per heavy atom. The quantitative estimate of drug-likeness (QED) is 0.192. The highest BCUT2D eigenvalue weighted by Gasteiger charge is 2.64. The number of rotatable bonds is 10. The van der Waals surface area contributed by atoms with Gasteiger partial charge in [-0.05, 0) is 115 Å². The number of hydrogen-bond donors (Lipinski definition) is 1. The van der Waals surface area contributed by atoms with Crippen LogP contribution in [0.15, 0.2) is 54.6 Å². The molecule has 3 saturated heterocycles. The predicted octanol–water partition coefficient (Wildman–Crippen LogP) is 7.65. The van der Waals surface area contributed by atoms with Crippen molar-refractivity contribution in [2.75, 3.05) is 19.6 Å². The number of fused-ring (bicyclic) bond motifs is 3. The van der Waals surface area contributed by atoms with E-state index in [0.717, 1.165) is 0 Å². The van der Waals surface area contributed by atoms with Crippen molar-refractivity contribution in [3.63, 3.8) is 0 Å². The number of nitriles is 3. The Hall–Kier alpha value is -5.76. The maximum Gasteiger partial charge on any atom is 0.442 e. The fourth-order valence-corrected chi connectivity index (χ4v) is 14.9. The molecule has 356 valence electrons. The summed E-state index contributed by atoms with van der Waals surface area (Å²) in [5, 5.41) is 30.0. The Morgan fingerprint density at radius 2 is 0.838 bits per heavy atom. The molecule has 9 rings (SSSR count). The molecule has 3 aromatic carbocycles. The second-order valence-electron chi connectivity index (χ2n) is 19.7. The van der Waals surface area contributed by atoms with Crippen molar-refractivity contribution in [2.45, 2.75) is 133 Å². The minimum atomic E-state index is -5.98. The van der Waals surface area contributed by atoms with Crippen molar-refractivity contribution < 1.29 is 56.2 Å². The smallest absolute Gasteiger partial charge is 0.442 e. The van der Waals surface area contributed by atoms with Crippen LogP contribution in [0, 0.1) is 34.0 Å². The first kappa shape index (κ1) is 47.3. The molecule has 0 spiro atoms. The maximum atomic E-state index is 16.8. The van der Waals surface area contributed by atoms with E-state index in [4.69, 9.17) is 27.8 Å². The number of benzene rings is 3. The summed E-state index contributed by atoms with van der Waals surface area (Å²) in [7, 11) is -11.8. The van der Waals surface area contributed by atoms with Gasteiger partial charge in [-0.2, -0.15) is 15.8 Å². The van der Waals surface area contributed by atoms with Crippen molar-refractivity contribution in [1.29, 1.82) is 15.8 Å². The largest absolute Gasteiger partial charge is 0.485 e. The zero-order chi connectivity index (χ0) is 48.7. The second-order valence-corrected chi connectivity index (χ2v) is 25.2. The molecule has 0 aliphatic carbocycles. The van der Waals surface area contributed by atoms with E-state index in [1.54, 1.807) is 77.9 Å². The van der Waals surface area contributed by atoms with Crippen molar-refractivity contribution in [1.82, 2.24) is 14.7 Å². The van der Waals surface area contributed by atoms with Crippen LogP contribution in [-0.4, -0.2) is 92.1 Å². The Bertz CT molecular complexity index is 2730. The zero-order valence-electron chi connectivity index (χ0n) is 38.5. The van der Waals surface area contributed by atoms with E-state index >= 15 is 9.13 Å². The van der Waals surface area contributed by atoms with Gasteiger partial charge < -0.3 is 33.8 Å². The Labute approximate surface area is 394 Å². The number of carbonyl (C=O) groups is 3. The number of carbonyl (C=O) groups excluding carboxylic acids is 3. The first-order valence-corrected chi connectivity index (χ1v) is 26.5. The fraction of sp³-hybridized carbons (Fsp3) is 0.500. The molecular formula is C48H52N6O12P2. The van der Waals surface area contributed by atoms with Gasteiger partial charge in [0.25, 0.3) is 0 Å². The lowest BCUT2D eigenvalue weighted by Crippen LogP contribution is -2.56. The van der Waals surface area contributed by atoms with Crippen LogP contribution >= 0.6 is 14.6 Å². The first-order chi connectivity index (χ1) is 32.1. The third-order valence-electron chi connectivity index (χ3n) is 13.8. The first-order valence-electron chi connectivity index (χ1n) is 22.7. The Balaban J connectivity index is 1.24. The van der Waals surface area contributed by atoms with Crippen molar-refractivity contribution in [3.8, 4) is 35.5 Å². The number of likely N-dealkylation sites (tertiary alicyclic amines) is 3. The number of nitrogens with zero attached hydrogens (tertiary/aromatic N) is 6. The molecule has 1 N–H and O–H groups in total. The summed E-state index contributed by atoms with van der Waals surface area (Å²) >= 11 is 0. The lowest BCUT2D eigenvalue weighted by Gasteiger charge is -2.51. The van der Waals surface area contributed by atoms with E-state index in [2.05, 4.69) is 18.2 Å². The van der Waals surface area contributed by atoms with Gasteiger partial charge in [0, 0.05) is 55.6 Å². The van der Waals surface area contributed by atoms with Crippen molar-refractivity contribution in [2.24, 2.45) is 0 Å². The second kappa shape index (κ2) is 17.0. The van der Waals surface area contributed by atoms with Crippen LogP contribution in [0.4, 0.5) is 0 Å². The van der Waals surface area contributed by atoms with Gasteiger partial charge >= 0.3 is 14.6 Å². The molecule has 7 unspecified atom stereocenters. The molecule has 3 aromatic rings. The van der Waals surface area contributed by atoms with Crippen LogP contribution in [0.25, 0.3) is 0 Å². The van der Waals surface area contributed by atoms with Gasteiger partial charge in [0.05, 0.1) is 53.0 Å². The molecule has 20 heteroatoms. The Morgan fingerprint density at radius 3 is 1.10 bits per heavy atom. The van der Waals surface area contributed by atoms with E-state index in [1.165, 1.54) is 32.9 Å². The van der Waals surface area contributed by atoms with Crippen LogP contribution < -0.4 is 14.2 Å². The van der Waals surface area contributed by atoms with Crippen LogP contribution in [0.1, 0.15) is 132 Å². The lowest BCUT2D eigenvalue weighted by atomic mass is 9.85. The highest BCUT2D eigenvalue weighted by molar-refractivity contribution is 8.27. The molecule has 0 aromatic heterocycles. The third-order valence-corrected chi connectivity index (χ3v) is 18.6. The normalized spacial score (nSPS) is 28.3. The zero-order valence-corrected chi connectivity index (χ0v) is 40.3. The highest BCUT2D eigenvalue weighted by Crippen LogP contribution is 2.84. The summed E-state index contributed by atoms with van der Waals surface area (Å²) in [4.78, 5) is 58.8. The minimum absolute atomic E-state index is 0.166. The molecule has 3 amide bonds. The highest BCUT2D eigenvalue weighted by atomic mass is 32.1. The molecule has 0 bridgehead atoms. The molecule has 0 radical (unpaired) electrons. The predicted molar refractivity (Wildman–Crippen MR) is 241 cm³/mol.